The normalized spacial score (nSPS) is 41.5. The van der Waals surface area contributed by atoms with Crippen LogP contribution in [-0.2, 0) is 9.59 Å². The average molecular weight is 289 g/mol. The van der Waals surface area contributed by atoms with Gasteiger partial charge in [-0.1, -0.05) is 25.7 Å². The van der Waals surface area contributed by atoms with Crippen molar-refractivity contribution in [1.82, 2.24) is 5.32 Å². The third kappa shape index (κ3) is 2.43. The number of imide groups is 1. The van der Waals surface area contributed by atoms with Gasteiger partial charge in [0.25, 0.3) is 0 Å². The number of hydrogen-bond acceptors (Lipinski definition) is 2. The molecule has 1 heterocycles. The summed E-state index contributed by atoms with van der Waals surface area (Å²) in [6.45, 7) is 0. The molecule has 0 aromatic heterocycles. The fraction of sp³-hybridized carbons (Fsp3) is 0.889. The monoisotopic (exact) mass is 289 g/mol. The molecule has 3 nitrogen and oxygen atoms in total. The van der Waals surface area contributed by atoms with E-state index in [2.05, 4.69) is 5.32 Å². The van der Waals surface area contributed by atoms with Gasteiger partial charge >= 0.3 is 0 Å². The molecule has 116 valence electrons. The summed E-state index contributed by atoms with van der Waals surface area (Å²) in [6, 6.07) is 0. The first-order valence-electron chi connectivity index (χ1n) is 9.02. The molecule has 4 rings (SSSR count). The highest BCUT2D eigenvalue weighted by atomic mass is 16.2. The summed E-state index contributed by atoms with van der Waals surface area (Å²) in [7, 11) is 0. The highest BCUT2D eigenvalue weighted by Gasteiger charge is 2.54. The molecular weight excluding hydrogens is 262 g/mol. The zero-order valence-electron chi connectivity index (χ0n) is 12.9. The van der Waals surface area contributed by atoms with E-state index in [1.165, 1.54) is 51.4 Å². The molecule has 3 heteroatoms. The number of amides is 2. The van der Waals surface area contributed by atoms with Crippen LogP contribution in [0.2, 0.25) is 0 Å². The van der Waals surface area contributed by atoms with E-state index in [0.717, 1.165) is 24.7 Å². The van der Waals surface area contributed by atoms with Gasteiger partial charge in [0, 0.05) is 12.3 Å². The predicted molar refractivity (Wildman–Crippen MR) is 80.3 cm³/mol. The standard InChI is InChI=1S/C18H27NO2/c20-15-11-18(9-3-6-14(10-18)12-7-8-12)16(17(21)19-15)13-4-1-2-5-13/h12-14,16H,1-11H2,(H,19,20,21). The van der Waals surface area contributed by atoms with Crippen molar-refractivity contribution in [1.29, 1.82) is 0 Å². The lowest BCUT2D eigenvalue weighted by Gasteiger charge is -2.49. The molecule has 3 aliphatic carbocycles. The van der Waals surface area contributed by atoms with Gasteiger partial charge in [-0.3, -0.25) is 14.9 Å². The van der Waals surface area contributed by atoms with Crippen molar-refractivity contribution in [3.63, 3.8) is 0 Å². The first kappa shape index (κ1) is 13.8. The number of rotatable bonds is 2. The van der Waals surface area contributed by atoms with Gasteiger partial charge < -0.3 is 0 Å². The van der Waals surface area contributed by atoms with Crippen molar-refractivity contribution in [3.8, 4) is 0 Å². The Bertz CT molecular complexity index is 450. The molecule has 1 spiro atoms. The molecule has 1 aliphatic heterocycles. The number of hydrogen-bond donors (Lipinski definition) is 1. The van der Waals surface area contributed by atoms with Crippen LogP contribution in [-0.4, -0.2) is 11.8 Å². The molecule has 1 saturated heterocycles. The molecule has 3 saturated carbocycles. The Balaban J connectivity index is 1.63. The topological polar surface area (TPSA) is 46.2 Å². The van der Waals surface area contributed by atoms with Crippen LogP contribution in [0.3, 0.4) is 0 Å². The summed E-state index contributed by atoms with van der Waals surface area (Å²) in [5, 5.41) is 2.66. The summed E-state index contributed by atoms with van der Waals surface area (Å²) in [5.41, 5.74) is 0.0138. The Hall–Kier alpha value is -0.860. The Kier molecular flexibility index (Phi) is 3.35. The second kappa shape index (κ2) is 5.10. The molecular formula is C18H27NO2. The zero-order chi connectivity index (χ0) is 14.4. The third-order valence-electron chi connectivity index (χ3n) is 6.80. The number of nitrogens with one attached hydrogen (secondary N) is 1. The lowest BCUT2D eigenvalue weighted by atomic mass is 9.55. The van der Waals surface area contributed by atoms with Crippen molar-refractivity contribution in [2.75, 3.05) is 0 Å². The van der Waals surface area contributed by atoms with E-state index in [-0.39, 0.29) is 23.1 Å². The summed E-state index contributed by atoms with van der Waals surface area (Å²) in [4.78, 5) is 24.7. The summed E-state index contributed by atoms with van der Waals surface area (Å²) < 4.78 is 0. The van der Waals surface area contributed by atoms with E-state index in [4.69, 9.17) is 0 Å². The Morgan fingerprint density at radius 1 is 0.857 bits per heavy atom. The van der Waals surface area contributed by atoms with Crippen LogP contribution >= 0.6 is 0 Å². The maximum absolute atomic E-state index is 12.6. The minimum Gasteiger partial charge on any atom is -0.296 e. The van der Waals surface area contributed by atoms with Crippen LogP contribution in [0, 0.1) is 29.1 Å². The molecule has 4 fully saturated rings. The quantitative estimate of drug-likeness (QED) is 0.792. The predicted octanol–water partition coefficient (Wildman–Crippen LogP) is 3.43. The lowest BCUT2D eigenvalue weighted by molar-refractivity contribution is -0.149. The minimum absolute atomic E-state index is 0.00862. The van der Waals surface area contributed by atoms with Gasteiger partial charge in [0.05, 0.1) is 0 Å². The van der Waals surface area contributed by atoms with Crippen LogP contribution in [0.1, 0.15) is 70.6 Å². The molecule has 0 bridgehead atoms. The smallest absolute Gasteiger partial charge is 0.230 e. The first-order chi connectivity index (χ1) is 10.2. The van der Waals surface area contributed by atoms with Crippen LogP contribution in [0.25, 0.3) is 0 Å². The molecule has 3 unspecified atom stereocenters. The SMILES string of the molecule is O=C1CC2(CCCC(C3CC3)C2)C(C2CCCC2)C(=O)N1. The number of carbonyl (C=O) groups is 2. The molecule has 0 radical (unpaired) electrons. The van der Waals surface area contributed by atoms with E-state index in [0.29, 0.717) is 12.3 Å². The maximum Gasteiger partial charge on any atom is 0.230 e. The van der Waals surface area contributed by atoms with Crippen LogP contribution in [0.5, 0.6) is 0 Å². The number of carbonyl (C=O) groups excluding carboxylic acids is 2. The molecule has 3 atom stereocenters. The van der Waals surface area contributed by atoms with Crippen molar-refractivity contribution in [3.05, 3.63) is 0 Å². The molecule has 21 heavy (non-hydrogen) atoms. The van der Waals surface area contributed by atoms with Crippen LogP contribution < -0.4 is 5.32 Å². The van der Waals surface area contributed by atoms with Crippen molar-refractivity contribution in [2.24, 2.45) is 29.1 Å². The van der Waals surface area contributed by atoms with E-state index >= 15 is 0 Å². The molecule has 0 aromatic carbocycles. The van der Waals surface area contributed by atoms with Gasteiger partial charge in [0.2, 0.25) is 11.8 Å². The Morgan fingerprint density at radius 2 is 1.57 bits per heavy atom. The molecule has 4 aliphatic rings. The van der Waals surface area contributed by atoms with Gasteiger partial charge in [-0.05, 0) is 61.7 Å². The average Bonchev–Trinajstić information content (AvgIpc) is 3.16. The Labute approximate surface area is 127 Å². The molecule has 0 aromatic rings. The summed E-state index contributed by atoms with van der Waals surface area (Å²) in [6.07, 6.45) is 13.1. The molecule has 2 amide bonds. The zero-order valence-corrected chi connectivity index (χ0v) is 12.9. The fourth-order valence-corrected chi connectivity index (χ4v) is 5.83. The maximum atomic E-state index is 12.6. The van der Waals surface area contributed by atoms with Gasteiger partial charge in [-0.2, -0.15) is 0 Å². The second-order valence-electron chi connectivity index (χ2n) is 8.17. The minimum atomic E-state index is -0.00862. The van der Waals surface area contributed by atoms with Crippen molar-refractivity contribution >= 4 is 11.8 Å². The largest absolute Gasteiger partial charge is 0.296 e. The van der Waals surface area contributed by atoms with Gasteiger partial charge in [-0.25, -0.2) is 0 Å². The second-order valence-corrected chi connectivity index (χ2v) is 8.17. The number of piperidine rings is 1. The van der Waals surface area contributed by atoms with Gasteiger partial charge in [-0.15, -0.1) is 0 Å². The summed E-state index contributed by atoms with van der Waals surface area (Å²) >= 11 is 0. The van der Waals surface area contributed by atoms with Crippen LogP contribution in [0.4, 0.5) is 0 Å². The van der Waals surface area contributed by atoms with Gasteiger partial charge in [0.15, 0.2) is 0 Å². The van der Waals surface area contributed by atoms with Gasteiger partial charge in [0.1, 0.15) is 0 Å². The molecule has 1 N–H and O–H groups in total. The highest BCUT2D eigenvalue weighted by Crippen LogP contribution is 2.57. The first-order valence-corrected chi connectivity index (χ1v) is 9.02. The third-order valence-corrected chi connectivity index (χ3v) is 6.80. The van der Waals surface area contributed by atoms with Crippen molar-refractivity contribution in [2.45, 2.75) is 70.6 Å². The fourth-order valence-electron chi connectivity index (χ4n) is 5.83. The van der Waals surface area contributed by atoms with Crippen molar-refractivity contribution < 1.29 is 9.59 Å². The highest BCUT2D eigenvalue weighted by molar-refractivity contribution is 5.99. The van der Waals surface area contributed by atoms with Crippen LogP contribution in [0.15, 0.2) is 0 Å². The Morgan fingerprint density at radius 3 is 2.29 bits per heavy atom. The van der Waals surface area contributed by atoms with E-state index in [1.807, 2.05) is 0 Å². The lowest BCUT2D eigenvalue weighted by Crippen LogP contribution is -2.55. The summed E-state index contributed by atoms with van der Waals surface area (Å²) in [5.74, 6) is 2.42. The van der Waals surface area contributed by atoms with E-state index in [1.54, 1.807) is 0 Å². The van der Waals surface area contributed by atoms with E-state index in [9.17, 15) is 9.59 Å². The van der Waals surface area contributed by atoms with E-state index < -0.39 is 0 Å².